The molecule has 0 amide bonds. The molecule has 1 unspecified atom stereocenters. The van der Waals surface area contributed by atoms with E-state index in [9.17, 15) is 14.4 Å². The number of ketones is 1. The Labute approximate surface area is 115 Å². The minimum absolute atomic E-state index is 0.0936. The molecule has 0 aliphatic carbocycles. The molecule has 6 nitrogen and oxygen atoms in total. The summed E-state index contributed by atoms with van der Waals surface area (Å²) in [6.07, 6.45) is 0.642. The third-order valence-electron chi connectivity index (χ3n) is 2.51. The van der Waals surface area contributed by atoms with E-state index in [4.69, 9.17) is 15.4 Å². The zero-order chi connectivity index (χ0) is 15.1. The summed E-state index contributed by atoms with van der Waals surface area (Å²) in [5.74, 6) is -2.56. The Hall–Kier alpha value is -2.81. The number of esters is 1. The molecular weight excluding hydrogens is 260 g/mol. The van der Waals surface area contributed by atoms with Crippen molar-refractivity contribution in [1.29, 1.82) is 10.7 Å². The molecule has 0 saturated heterocycles. The van der Waals surface area contributed by atoms with E-state index in [0.29, 0.717) is 11.8 Å². The summed E-state index contributed by atoms with van der Waals surface area (Å²) in [6, 6.07) is 7.38. The van der Waals surface area contributed by atoms with Crippen LogP contribution in [0.25, 0.3) is 0 Å². The Morgan fingerprint density at radius 3 is 2.45 bits per heavy atom. The Balaban J connectivity index is 2.63. The number of ether oxygens (including phenoxy) is 1. The summed E-state index contributed by atoms with van der Waals surface area (Å²) in [6.45, 7) is 0.772. The maximum atomic E-state index is 11.6. The molecule has 20 heavy (non-hydrogen) atoms. The van der Waals surface area contributed by atoms with Gasteiger partial charge in [0.15, 0.2) is 12.4 Å². The number of Topliss-reactive ketones (excluding diaryl/α,β-unsaturated/α-hetero) is 1. The summed E-state index contributed by atoms with van der Waals surface area (Å²) in [4.78, 5) is 33.7. The Kier molecular flexibility index (Phi) is 5.30. The Morgan fingerprint density at radius 1 is 1.40 bits per heavy atom. The van der Waals surface area contributed by atoms with E-state index in [1.165, 1.54) is 31.2 Å². The van der Waals surface area contributed by atoms with Gasteiger partial charge in [0.25, 0.3) is 0 Å². The quantitative estimate of drug-likeness (QED) is 0.478. The number of hydrogen-bond donors (Lipinski definition) is 1. The molecule has 0 fully saturated rings. The van der Waals surface area contributed by atoms with Gasteiger partial charge in [-0.05, 0) is 19.1 Å². The van der Waals surface area contributed by atoms with Crippen molar-refractivity contribution in [2.75, 3.05) is 6.61 Å². The van der Waals surface area contributed by atoms with E-state index in [2.05, 4.69) is 0 Å². The summed E-state index contributed by atoms with van der Waals surface area (Å²) in [5.41, 5.74) is 0.522. The third-order valence-corrected chi connectivity index (χ3v) is 2.51. The van der Waals surface area contributed by atoms with Crippen molar-refractivity contribution in [2.24, 2.45) is 5.92 Å². The van der Waals surface area contributed by atoms with E-state index in [1.807, 2.05) is 0 Å². The molecule has 6 heteroatoms. The lowest BCUT2D eigenvalue weighted by molar-refractivity contribution is -0.122. The second kappa shape index (κ2) is 6.95. The molecule has 1 N–H and O–H groups in total. The van der Waals surface area contributed by atoms with Crippen LogP contribution in [0, 0.1) is 22.7 Å². The van der Waals surface area contributed by atoms with Crippen LogP contribution in [-0.2, 0) is 9.53 Å². The van der Waals surface area contributed by atoms with Crippen LogP contribution >= 0.6 is 0 Å². The van der Waals surface area contributed by atoms with Crippen LogP contribution in [0.4, 0.5) is 0 Å². The lowest BCUT2D eigenvalue weighted by atomic mass is 10.0. The van der Waals surface area contributed by atoms with Gasteiger partial charge >= 0.3 is 5.97 Å². The molecule has 0 bridgehead atoms. The predicted molar refractivity (Wildman–Crippen MR) is 69.6 cm³/mol. The minimum atomic E-state index is -1.19. The second-order valence-corrected chi connectivity index (χ2v) is 4.03. The monoisotopic (exact) mass is 272 g/mol. The second-order valence-electron chi connectivity index (χ2n) is 4.03. The van der Waals surface area contributed by atoms with Crippen molar-refractivity contribution in [3.8, 4) is 6.07 Å². The van der Waals surface area contributed by atoms with Crippen LogP contribution in [0.15, 0.2) is 24.3 Å². The fourth-order valence-corrected chi connectivity index (χ4v) is 1.41. The predicted octanol–water partition coefficient (Wildman–Crippen LogP) is 1.40. The number of nitriles is 1. The SMILES string of the molecule is CC(=N)C(C#N)C(=O)COC(=O)c1ccc(C=O)cc1. The van der Waals surface area contributed by atoms with Crippen LogP contribution in [0.5, 0.6) is 0 Å². The zero-order valence-corrected chi connectivity index (χ0v) is 10.8. The average Bonchev–Trinajstić information content (AvgIpc) is 2.45. The highest BCUT2D eigenvalue weighted by Crippen LogP contribution is 2.06. The maximum absolute atomic E-state index is 11.6. The summed E-state index contributed by atoms with van der Waals surface area (Å²) >= 11 is 0. The highest BCUT2D eigenvalue weighted by molar-refractivity contribution is 6.06. The molecule has 0 saturated carbocycles. The van der Waals surface area contributed by atoms with Gasteiger partial charge in [0.1, 0.15) is 12.2 Å². The first-order valence-electron chi connectivity index (χ1n) is 5.69. The van der Waals surface area contributed by atoms with Gasteiger partial charge in [0.2, 0.25) is 0 Å². The molecule has 0 aliphatic rings. The van der Waals surface area contributed by atoms with Gasteiger partial charge in [0.05, 0.1) is 11.6 Å². The van der Waals surface area contributed by atoms with Gasteiger partial charge in [-0.25, -0.2) is 4.79 Å². The first-order chi connectivity index (χ1) is 9.49. The number of aldehydes is 1. The van der Waals surface area contributed by atoms with Crippen molar-refractivity contribution >= 4 is 23.8 Å². The lowest BCUT2D eigenvalue weighted by Gasteiger charge is -2.07. The van der Waals surface area contributed by atoms with E-state index < -0.39 is 24.3 Å². The van der Waals surface area contributed by atoms with Gasteiger partial charge in [0, 0.05) is 11.3 Å². The summed E-state index contributed by atoms with van der Waals surface area (Å²) in [5, 5.41) is 16.0. The van der Waals surface area contributed by atoms with Crippen LogP contribution < -0.4 is 0 Å². The van der Waals surface area contributed by atoms with E-state index in [1.54, 1.807) is 6.07 Å². The number of carbonyl (C=O) groups excluding carboxylic acids is 3. The number of rotatable bonds is 6. The molecule has 1 aromatic rings. The van der Waals surface area contributed by atoms with Gasteiger partial charge in [-0.1, -0.05) is 12.1 Å². The molecule has 0 spiro atoms. The van der Waals surface area contributed by atoms with E-state index in [0.717, 1.165) is 0 Å². The van der Waals surface area contributed by atoms with E-state index >= 15 is 0 Å². The van der Waals surface area contributed by atoms with Gasteiger partial charge in [-0.15, -0.1) is 0 Å². The first-order valence-corrected chi connectivity index (χ1v) is 5.69. The van der Waals surface area contributed by atoms with Gasteiger partial charge in [-0.2, -0.15) is 5.26 Å². The first kappa shape index (κ1) is 15.2. The normalized spacial score (nSPS) is 11.0. The number of nitrogens with one attached hydrogen (secondary N) is 1. The number of benzene rings is 1. The molecule has 0 heterocycles. The molecule has 1 rings (SSSR count). The fourth-order valence-electron chi connectivity index (χ4n) is 1.41. The average molecular weight is 272 g/mol. The number of hydrogen-bond acceptors (Lipinski definition) is 6. The van der Waals surface area contributed by atoms with Crippen molar-refractivity contribution in [1.82, 2.24) is 0 Å². The summed E-state index contributed by atoms with van der Waals surface area (Å²) < 4.78 is 4.77. The van der Waals surface area contributed by atoms with Crippen molar-refractivity contribution in [3.63, 3.8) is 0 Å². The Bertz CT molecular complexity index is 584. The standard InChI is InChI=1S/C14H12N2O4/c1-9(16)12(6-15)13(18)8-20-14(19)11-4-2-10(7-17)3-5-11/h2-5,7,12,16H,8H2,1H3. The molecule has 0 aliphatic heterocycles. The number of carbonyl (C=O) groups is 3. The van der Waals surface area contributed by atoms with Crippen LogP contribution in [0.2, 0.25) is 0 Å². The van der Waals surface area contributed by atoms with E-state index in [-0.39, 0.29) is 11.3 Å². The minimum Gasteiger partial charge on any atom is -0.454 e. The van der Waals surface area contributed by atoms with Gasteiger partial charge in [-0.3, -0.25) is 9.59 Å². The van der Waals surface area contributed by atoms with Crippen LogP contribution in [0.1, 0.15) is 27.6 Å². The third kappa shape index (κ3) is 3.85. The van der Waals surface area contributed by atoms with Crippen LogP contribution in [-0.4, -0.2) is 30.4 Å². The molecule has 0 aromatic heterocycles. The largest absolute Gasteiger partial charge is 0.454 e. The van der Waals surface area contributed by atoms with Gasteiger partial charge < -0.3 is 10.1 Å². The smallest absolute Gasteiger partial charge is 0.338 e. The topological polar surface area (TPSA) is 108 Å². The number of nitrogens with zero attached hydrogens (tertiary/aromatic N) is 1. The molecule has 1 atom stereocenters. The molecule has 1 aromatic carbocycles. The summed E-state index contributed by atoms with van der Waals surface area (Å²) in [7, 11) is 0. The van der Waals surface area contributed by atoms with Crippen LogP contribution in [0.3, 0.4) is 0 Å². The molecule has 0 radical (unpaired) electrons. The molecule has 102 valence electrons. The van der Waals surface area contributed by atoms with Crippen molar-refractivity contribution < 1.29 is 19.1 Å². The highest BCUT2D eigenvalue weighted by Gasteiger charge is 2.21. The maximum Gasteiger partial charge on any atom is 0.338 e. The fraction of sp³-hybridized carbons (Fsp3) is 0.214. The highest BCUT2D eigenvalue weighted by atomic mass is 16.5. The van der Waals surface area contributed by atoms with Crippen molar-refractivity contribution in [3.05, 3.63) is 35.4 Å². The lowest BCUT2D eigenvalue weighted by Crippen LogP contribution is -2.25. The Morgan fingerprint density at radius 2 is 2.00 bits per heavy atom. The molecular formula is C14H12N2O4. The van der Waals surface area contributed by atoms with Crippen molar-refractivity contribution in [2.45, 2.75) is 6.92 Å². The zero-order valence-electron chi connectivity index (χ0n) is 10.8.